The number of phenolic OH excluding ortho intramolecular Hbond substituents is 1. The van der Waals surface area contributed by atoms with Crippen LogP contribution in [0.4, 0.5) is 10.1 Å². The molecule has 1 saturated heterocycles. The molecule has 0 unspecified atom stereocenters. The van der Waals surface area contributed by atoms with Crippen molar-refractivity contribution in [1.29, 1.82) is 0 Å². The van der Waals surface area contributed by atoms with Gasteiger partial charge in [-0.05, 0) is 24.3 Å². The van der Waals surface area contributed by atoms with Crippen molar-refractivity contribution >= 4 is 51.9 Å². The summed E-state index contributed by atoms with van der Waals surface area (Å²) in [7, 11) is 0. The number of hydrogen-bond donors (Lipinski definition) is 2. The number of para-hydroxylation sites is 2. The molecule has 5 nitrogen and oxygen atoms in total. The van der Waals surface area contributed by atoms with Crippen molar-refractivity contribution in [1.82, 2.24) is 4.90 Å². The zero-order valence-electron chi connectivity index (χ0n) is 13.3. The molecule has 132 valence electrons. The van der Waals surface area contributed by atoms with Crippen molar-refractivity contribution in [2.45, 2.75) is 0 Å². The molecule has 3 rings (SSSR count). The third-order valence-electron chi connectivity index (χ3n) is 3.55. The maximum atomic E-state index is 13.8. The van der Waals surface area contributed by atoms with Gasteiger partial charge >= 0.3 is 0 Å². The van der Waals surface area contributed by atoms with E-state index in [4.69, 9.17) is 12.2 Å². The number of aromatic hydroxyl groups is 1. The van der Waals surface area contributed by atoms with Crippen LogP contribution in [-0.4, -0.2) is 32.7 Å². The molecule has 0 bridgehead atoms. The van der Waals surface area contributed by atoms with E-state index in [9.17, 15) is 19.1 Å². The van der Waals surface area contributed by atoms with Crippen LogP contribution < -0.4 is 5.32 Å². The van der Waals surface area contributed by atoms with Gasteiger partial charge in [0.05, 0.1) is 10.6 Å². The number of halogens is 1. The van der Waals surface area contributed by atoms with E-state index in [2.05, 4.69) is 5.32 Å². The topological polar surface area (TPSA) is 69.6 Å². The number of carbonyl (C=O) groups excluding carboxylic acids is 2. The number of nitrogens with one attached hydrogen (secondary N) is 1. The Morgan fingerprint density at radius 3 is 2.65 bits per heavy atom. The smallest absolute Gasteiger partial charge is 0.266 e. The van der Waals surface area contributed by atoms with Crippen LogP contribution in [-0.2, 0) is 9.59 Å². The van der Waals surface area contributed by atoms with E-state index in [0.29, 0.717) is 0 Å². The van der Waals surface area contributed by atoms with E-state index in [0.717, 1.165) is 16.7 Å². The molecule has 1 heterocycles. The molecule has 1 aliphatic heterocycles. The maximum absolute atomic E-state index is 13.8. The first-order valence-electron chi connectivity index (χ1n) is 7.53. The molecule has 0 spiro atoms. The van der Waals surface area contributed by atoms with Crippen molar-refractivity contribution in [3.63, 3.8) is 0 Å². The first-order valence-corrected chi connectivity index (χ1v) is 8.76. The second-order valence-corrected chi connectivity index (χ2v) is 7.03. The van der Waals surface area contributed by atoms with Gasteiger partial charge in [-0.3, -0.25) is 14.5 Å². The highest BCUT2D eigenvalue weighted by Gasteiger charge is 2.33. The lowest BCUT2D eigenvalue weighted by molar-refractivity contribution is -0.126. The maximum Gasteiger partial charge on any atom is 0.266 e. The molecule has 1 fully saturated rings. The van der Waals surface area contributed by atoms with Crippen LogP contribution in [0.2, 0.25) is 0 Å². The molecule has 2 aromatic carbocycles. The van der Waals surface area contributed by atoms with Gasteiger partial charge in [-0.15, -0.1) is 0 Å². The van der Waals surface area contributed by atoms with Gasteiger partial charge in [0, 0.05) is 5.56 Å². The van der Waals surface area contributed by atoms with Crippen molar-refractivity contribution in [2.24, 2.45) is 0 Å². The predicted molar refractivity (Wildman–Crippen MR) is 103 cm³/mol. The highest BCUT2D eigenvalue weighted by atomic mass is 32.2. The van der Waals surface area contributed by atoms with E-state index in [1.807, 2.05) is 0 Å². The molecule has 0 aromatic heterocycles. The van der Waals surface area contributed by atoms with E-state index in [1.54, 1.807) is 30.3 Å². The lowest BCUT2D eigenvalue weighted by Crippen LogP contribution is -2.36. The van der Waals surface area contributed by atoms with Crippen molar-refractivity contribution < 1.29 is 19.1 Å². The van der Waals surface area contributed by atoms with Crippen LogP contribution in [0.1, 0.15) is 5.56 Å². The van der Waals surface area contributed by atoms with Gasteiger partial charge in [-0.25, -0.2) is 4.39 Å². The Hall–Kier alpha value is -2.71. The lowest BCUT2D eigenvalue weighted by Gasteiger charge is -2.14. The number of hydrogen-bond acceptors (Lipinski definition) is 5. The van der Waals surface area contributed by atoms with Gasteiger partial charge in [-0.1, -0.05) is 54.3 Å². The third-order valence-corrected chi connectivity index (χ3v) is 4.92. The molecule has 2 amide bonds. The minimum Gasteiger partial charge on any atom is -0.506 e. The zero-order valence-corrected chi connectivity index (χ0v) is 14.9. The van der Waals surface area contributed by atoms with E-state index >= 15 is 0 Å². The molecular weight excluding hydrogens is 375 g/mol. The monoisotopic (exact) mass is 388 g/mol. The van der Waals surface area contributed by atoms with Crippen LogP contribution in [0.15, 0.2) is 53.4 Å². The van der Waals surface area contributed by atoms with Gasteiger partial charge in [-0.2, -0.15) is 0 Å². The fourth-order valence-electron chi connectivity index (χ4n) is 2.28. The Labute approximate surface area is 158 Å². The van der Waals surface area contributed by atoms with Gasteiger partial charge in [0.15, 0.2) is 0 Å². The van der Waals surface area contributed by atoms with Crippen LogP contribution in [0, 0.1) is 5.82 Å². The number of thioether (sulfide) groups is 1. The average molecular weight is 388 g/mol. The number of rotatable bonds is 4. The summed E-state index contributed by atoms with van der Waals surface area (Å²) in [4.78, 5) is 26.0. The number of nitrogens with zero attached hydrogens (tertiary/aromatic N) is 1. The second kappa shape index (κ2) is 7.67. The number of benzene rings is 2. The molecule has 0 aliphatic carbocycles. The van der Waals surface area contributed by atoms with Gasteiger partial charge in [0.2, 0.25) is 5.91 Å². The number of amides is 2. The molecule has 0 radical (unpaired) electrons. The number of thiocarbonyl (C=S) groups is 1. The highest BCUT2D eigenvalue weighted by Crippen LogP contribution is 2.33. The molecule has 2 aromatic rings. The molecular formula is C18H13FN2O3S2. The summed E-state index contributed by atoms with van der Waals surface area (Å²) in [6.45, 7) is -0.298. The summed E-state index contributed by atoms with van der Waals surface area (Å²) >= 11 is 6.17. The minimum absolute atomic E-state index is 0.0781. The molecule has 2 N–H and O–H groups in total. The molecule has 0 saturated carbocycles. The molecule has 0 atom stereocenters. The van der Waals surface area contributed by atoms with Crippen molar-refractivity contribution in [2.75, 3.05) is 11.9 Å². The standard InChI is InChI=1S/C18H13FN2O3S2/c19-12-6-2-1-5-11(12)9-15-17(24)21(18(25)26-15)10-16(23)20-13-7-3-4-8-14(13)22/h1-9,22H,10H2,(H,20,23)/b15-9-. The summed E-state index contributed by atoms with van der Waals surface area (Å²) in [5.41, 5.74) is 0.511. The van der Waals surface area contributed by atoms with Crippen LogP contribution in [0.25, 0.3) is 6.08 Å². The first-order chi connectivity index (χ1) is 12.5. The quantitative estimate of drug-likeness (QED) is 0.477. The second-order valence-electron chi connectivity index (χ2n) is 5.35. The third kappa shape index (κ3) is 3.92. The summed E-state index contributed by atoms with van der Waals surface area (Å²) in [5.74, 6) is -1.49. The zero-order chi connectivity index (χ0) is 18.7. The Bertz CT molecular complexity index is 930. The SMILES string of the molecule is O=C(CN1C(=O)/C(=C/c2ccccc2F)SC1=S)Nc1ccccc1O. The fourth-order valence-corrected chi connectivity index (χ4v) is 3.53. The number of anilines is 1. The Kier molecular flexibility index (Phi) is 5.34. The average Bonchev–Trinajstić information content (AvgIpc) is 2.86. The Balaban J connectivity index is 1.72. The fraction of sp³-hybridized carbons (Fsp3) is 0.0556. The molecule has 26 heavy (non-hydrogen) atoms. The van der Waals surface area contributed by atoms with E-state index < -0.39 is 17.6 Å². The van der Waals surface area contributed by atoms with Gasteiger partial charge < -0.3 is 10.4 Å². The normalized spacial score (nSPS) is 15.6. The largest absolute Gasteiger partial charge is 0.506 e. The van der Waals surface area contributed by atoms with Gasteiger partial charge in [0.1, 0.15) is 22.4 Å². The van der Waals surface area contributed by atoms with Crippen molar-refractivity contribution in [3.05, 3.63) is 64.8 Å². The highest BCUT2D eigenvalue weighted by molar-refractivity contribution is 8.26. The van der Waals surface area contributed by atoms with Gasteiger partial charge in [0.25, 0.3) is 5.91 Å². The van der Waals surface area contributed by atoms with Crippen LogP contribution in [0.3, 0.4) is 0 Å². The Morgan fingerprint density at radius 2 is 1.92 bits per heavy atom. The van der Waals surface area contributed by atoms with Crippen LogP contribution >= 0.6 is 24.0 Å². The predicted octanol–water partition coefficient (Wildman–Crippen LogP) is 3.37. The summed E-state index contributed by atoms with van der Waals surface area (Å²) in [6.07, 6.45) is 1.41. The lowest BCUT2D eigenvalue weighted by atomic mass is 10.2. The Morgan fingerprint density at radius 1 is 1.23 bits per heavy atom. The summed E-state index contributed by atoms with van der Waals surface area (Å²) < 4.78 is 14.0. The summed E-state index contributed by atoms with van der Waals surface area (Å²) in [5, 5.41) is 12.2. The summed E-state index contributed by atoms with van der Waals surface area (Å²) in [6, 6.07) is 12.3. The minimum atomic E-state index is -0.505. The molecule has 1 aliphatic rings. The number of phenols is 1. The molecule has 8 heteroatoms. The van der Waals surface area contributed by atoms with E-state index in [-0.39, 0.29) is 32.8 Å². The van der Waals surface area contributed by atoms with Crippen molar-refractivity contribution in [3.8, 4) is 5.75 Å². The first kappa shape index (κ1) is 18.1. The number of carbonyl (C=O) groups is 2. The van der Waals surface area contributed by atoms with E-state index in [1.165, 1.54) is 24.3 Å². The van der Waals surface area contributed by atoms with Crippen LogP contribution in [0.5, 0.6) is 5.75 Å².